The van der Waals surface area contributed by atoms with E-state index < -0.39 is 0 Å². The van der Waals surface area contributed by atoms with E-state index in [0.29, 0.717) is 12.6 Å². The minimum atomic E-state index is 0.612. The zero-order valence-corrected chi connectivity index (χ0v) is 11.4. The van der Waals surface area contributed by atoms with Gasteiger partial charge in [0.2, 0.25) is 0 Å². The fourth-order valence-electron chi connectivity index (χ4n) is 2.85. The van der Waals surface area contributed by atoms with Crippen molar-refractivity contribution in [2.45, 2.75) is 32.2 Å². The van der Waals surface area contributed by atoms with Crippen LogP contribution < -0.4 is 10.1 Å². The van der Waals surface area contributed by atoms with Crippen molar-refractivity contribution >= 4 is 10.9 Å². The first-order valence-corrected chi connectivity index (χ1v) is 7.11. The molecule has 1 aliphatic heterocycles. The molecular formula is C16H20N2O. The van der Waals surface area contributed by atoms with Crippen molar-refractivity contribution < 1.29 is 4.74 Å². The third-order valence-corrected chi connectivity index (χ3v) is 3.75. The highest BCUT2D eigenvalue weighted by Crippen LogP contribution is 2.28. The summed E-state index contributed by atoms with van der Waals surface area (Å²) in [6, 6.07) is 9.01. The van der Waals surface area contributed by atoms with Gasteiger partial charge in [-0.3, -0.25) is 4.98 Å². The molecule has 1 saturated heterocycles. The summed E-state index contributed by atoms with van der Waals surface area (Å²) in [5.41, 5.74) is 2.35. The molecule has 0 bridgehead atoms. The smallest absolute Gasteiger partial charge is 0.145 e. The largest absolute Gasteiger partial charge is 0.492 e. The molecule has 1 aliphatic rings. The summed E-state index contributed by atoms with van der Waals surface area (Å²) in [6.45, 7) is 3.83. The lowest BCUT2D eigenvalue weighted by molar-refractivity contribution is 0.343. The van der Waals surface area contributed by atoms with E-state index in [1.165, 1.54) is 23.8 Å². The van der Waals surface area contributed by atoms with Crippen molar-refractivity contribution in [3.8, 4) is 5.75 Å². The van der Waals surface area contributed by atoms with Crippen LogP contribution in [0.4, 0.5) is 0 Å². The molecular weight excluding hydrogens is 236 g/mol. The third kappa shape index (κ3) is 2.56. The van der Waals surface area contributed by atoms with Crippen LogP contribution >= 0.6 is 0 Å². The predicted molar refractivity (Wildman–Crippen MR) is 77.6 cm³/mol. The fourth-order valence-corrected chi connectivity index (χ4v) is 2.85. The maximum absolute atomic E-state index is 5.67. The highest BCUT2D eigenvalue weighted by Gasteiger charge is 2.16. The summed E-state index contributed by atoms with van der Waals surface area (Å²) < 4.78 is 5.67. The Hall–Kier alpha value is -1.61. The van der Waals surface area contributed by atoms with Crippen LogP contribution in [0.2, 0.25) is 0 Å². The van der Waals surface area contributed by atoms with Gasteiger partial charge in [-0.2, -0.15) is 0 Å². The average molecular weight is 256 g/mol. The van der Waals surface area contributed by atoms with Crippen LogP contribution in [0.15, 0.2) is 30.5 Å². The Morgan fingerprint density at radius 3 is 3.11 bits per heavy atom. The molecule has 0 spiro atoms. The van der Waals surface area contributed by atoms with Crippen molar-refractivity contribution in [3.63, 3.8) is 0 Å². The monoisotopic (exact) mass is 256 g/mol. The van der Waals surface area contributed by atoms with Gasteiger partial charge in [0.05, 0.1) is 6.61 Å². The molecule has 0 aliphatic carbocycles. The molecule has 3 heteroatoms. The lowest BCUT2D eigenvalue weighted by atomic mass is 10.00. The first-order valence-electron chi connectivity index (χ1n) is 7.11. The number of fused-ring (bicyclic) bond motifs is 1. The van der Waals surface area contributed by atoms with Gasteiger partial charge in [0.25, 0.3) is 0 Å². The van der Waals surface area contributed by atoms with Crippen LogP contribution in [0.5, 0.6) is 5.75 Å². The number of nitrogens with zero attached hydrogens (tertiary/aromatic N) is 1. The second-order valence-electron chi connectivity index (χ2n) is 5.05. The molecule has 3 rings (SSSR count). The molecule has 0 saturated carbocycles. The number of benzene rings is 1. The van der Waals surface area contributed by atoms with Gasteiger partial charge < -0.3 is 10.1 Å². The number of ether oxygens (including phenoxy) is 1. The van der Waals surface area contributed by atoms with Gasteiger partial charge in [-0.1, -0.05) is 12.1 Å². The SMILES string of the molecule is CCOc1ccc(CC2CCCN2)c2cccnc12. The Morgan fingerprint density at radius 2 is 2.32 bits per heavy atom. The number of hydrogen-bond donors (Lipinski definition) is 1. The molecule has 1 N–H and O–H groups in total. The van der Waals surface area contributed by atoms with Crippen LogP contribution in [0.25, 0.3) is 10.9 Å². The van der Waals surface area contributed by atoms with Crippen LogP contribution in [0.1, 0.15) is 25.3 Å². The molecule has 1 fully saturated rings. The van der Waals surface area contributed by atoms with Crippen molar-refractivity contribution in [1.29, 1.82) is 0 Å². The van der Waals surface area contributed by atoms with E-state index in [1.54, 1.807) is 0 Å². The topological polar surface area (TPSA) is 34.1 Å². The predicted octanol–water partition coefficient (Wildman–Crippen LogP) is 2.93. The van der Waals surface area contributed by atoms with E-state index in [4.69, 9.17) is 4.74 Å². The highest BCUT2D eigenvalue weighted by atomic mass is 16.5. The summed E-state index contributed by atoms with van der Waals surface area (Å²) in [7, 11) is 0. The van der Waals surface area contributed by atoms with Crippen LogP contribution in [0.3, 0.4) is 0 Å². The second-order valence-corrected chi connectivity index (χ2v) is 5.05. The van der Waals surface area contributed by atoms with Crippen LogP contribution in [-0.2, 0) is 6.42 Å². The number of rotatable bonds is 4. The van der Waals surface area contributed by atoms with E-state index in [0.717, 1.165) is 24.2 Å². The van der Waals surface area contributed by atoms with Gasteiger partial charge in [0.15, 0.2) is 0 Å². The molecule has 2 heterocycles. The van der Waals surface area contributed by atoms with E-state index >= 15 is 0 Å². The minimum Gasteiger partial charge on any atom is -0.492 e. The molecule has 100 valence electrons. The molecule has 19 heavy (non-hydrogen) atoms. The first-order chi connectivity index (χ1) is 9.38. The molecule has 0 radical (unpaired) electrons. The average Bonchev–Trinajstić information content (AvgIpc) is 2.95. The first kappa shape index (κ1) is 12.4. The van der Waals surface area contributed by atoms with E-state index in [2.05, 4.69) is 28.5 Å². The number of aromatic nitrogens is 1. The van der Waals surface area contributed by atoms with Crippen molar-refractivity contribution in [2.24, 2.45) is 0 Å². The quantitative estimate of drug-likeness (QED) is 0.913. The summed E-state index contributed by atoms with van der Waals surface area (Å²) in [4.78, 5) is 4.49. The van der Waals surface area contributed by atoms with E-state index in [9.17, 15) is 0 Å². The minimum absolute atomic E-state index is 0.612. The summed E-state index contributed by atoms with van der Waals surface area (Å²) >= 11 is 0. The number of pyridine rings is 1. The molecule has 2 aromatic rings. The molecule has 0 amide bonds. The zero-order chi connectivity index (χ0) is 13.1. The fraction of sp³-hybridized carbons (Fsp3) is 0.438. The summed E-state index contributed by atoms with van der Waals surface area (Å²) in [6.07, 6.45) is 5.48. The number of nitrogens with one attached hydrogen (secondary N) is 1. The zero-order valence-electron chi connectivity index (χ0n) is 11.4. The standard InChI is InChI=1S/C16H20N2O/c1-2-19-15-8-7-12(11-13-5-3-9-17-13)14-6-4-10-18-16(14)15/h4,6-8,10,13,17H,2-3,5,9,11H2,1H3. The number of hydrogen-bond acceptors (Lipinski definition) is 3. The Kier molecular flexibility index (Phi) is 3.65. The lowest BCUT2D eigenvalue weighted by Crippen LogP contribution is -2.23. The van der Waals surface area contributed by atoms with Crippen LogP contribution in [0, 0.1) is 0 Å². The van der Waals surface area contributed by atoms with Gasteiger partial charge in [0, 0.05) is 17.6 Å². The Balaban J connectivity index is 1.98. The molecule has 1 aromatic carbocycles. The van der Waals surface area contributed by atoms with E-state index in [1.807, 2.05) is 19.2 Å². The third-order valence-electron chi connectivity index (χ3n) is 3.75. The molecule has 3 nitrogen and oxygen atoms in total. The van der Waals surface area contributed by atoms with Gasteiger partial charge in [-0.05, 0) is 50.4 Å². The summed E-state index contributed by atoms with van der Waals surface area (Å²) in [5, 5.41) is 4.78. The molecule has 1 aromatic heterocycles. The van der Waals surface area contributed by atoms with Gasteiger partial charge >= 0.3 is 0 Å². The Morgan fingerprint density at radius 1 is 1.37 bits per heavy atom. The Labute approximate surface area is 114 Å². The van der Waals surface area contributed by atoms with Gasteiger partial charge in [-0.25, -0.2) is 0 Å². The second kappa shape index (κ2) is 5.57. The van der Waals surface area contributed by atoms with E-state index in [-0.39, 0.29) is 0 Å². The normalized spacial score (nSPS) is 18.9. The molecule has 1 atom stereocenters. The maximum atomic E-state index is 5.67. The molecule has 1 unspecified atom stereocenters. The van der Waals surface area contributed by atoms with Gasteiger partial charge in [-0.15, -0.1) is 0 Å². The van der Waals surface area contributed by atoms with Crippen LogP contribution in [-0.4, -0.2) is 24.2 Å². The summed E-state index contributed by atoms with van der Waals surface area (Å²) in [5.74, 6) is 0.890. The van der Waals surface area contributed by atoms with Gasteiger partial charge in [0.1, 0.15) is 11.3 Å². The van der Waals surface area contributed by atoms with Crippen molar-refractivity contribution in [3.05, 3.63) is 36.0 Å². The maximum Gasteiger partial charge on any atom is 0.145 e. The van der Waals surface area contributed by atoms with Crippen molar-refractivity contribution in [2.75, 3.05) is 13.2 Å². The highest BCUT2D eigenvalue weighted by molar-refractivity contribution is 5.87. The lowest BCUT2D eigenvalue weighted by Gasteiger charge is -2.14. The van der Waals surface area contributed by atoms with Crippen molar-refractivity contribution in [1.82, 2.24) is 10.3 Å². The Bertz CT molecular complexity index is 562.